The van der Waals surface area contributed by atoms with Crippen molar-refractivity contribution in [2.24, 2.45) is 0 Å². The Morgan fingerprint density at radius 3 is 1.76 bits per heavy atom. The van der Waals surface area contributed by atoms with Gasteiger partial charge in [-0.05, 0) is 43.2 Å². The first-order valence-electron chi connectivity index (χ1n) is 7.60. The Bertz CT molecular complexity index is 658. The maximum atomic E-state index is 6.21. The van der Waals surface area contributed by atoms with E-state index in [1.165, 1.54) is 22.3 Å². The van der Waals surface area contributed by atoms with Crippen LogP contribution < -0.4 is 4.74 Å². The summed E-state index contributed by atoms with van der Waals surface area (Å²) in [6.07, 6.45) is 2.17. The van der Waals surface area contributed by atoms with Gasteiger partial charge in [0.05, 0.1) is 0 Å². The second-order valence-corrected chi connectivity index (χ2v) is 5.85. The highest BCUT2D eigenvalue weighted by Crippen LogP contribution is 2.45. The molecule has 0 amide bonds. The molecule has 0 aromatic heterocycles. The number of hydrogen-bond acceptors (Lipinski definition) is 2. The van der Waals surface area contributed by atoms with Gasteiger partial charge in [-0.15, -0.1) is 0 Å². The number of nitrogens with zero attached hydrogens (tertiary/aromatic N) is 1. The normalized spacial score (nSPS) is 18.0. The number of para-hydroxylation sites is 2. The molecule has 0 radical (unpaired) electrons. The Morgan fingerprint density at radius 2 is 1.24 bits per heavy atom. The Balaban J connectivity index is 1.97. The van der Waals surface area contributed by atoms with Crippen LogP contribution in [-0.4, -0.2) is 25.0 Å². The number of hydrogen-bond donors (Lipinski definition) is 0. The van der Waals surface area contributed by atoms with E-state index in [4.69, 9.17) is 4.74 Å². The number of fused-ring (bicyclic) bond motifs is 4. The van der Waals surface area contributed by atoms with Gasteiger partial charge in [-0.1, -0.05) is 36.4 Å². The van der Waals surface area contributed by atoms with Crippen LogP contribution in [0.1, 0.15) is 24.0 Å². The highest BCUT2D eigenvalue weighted by molar-refractivity contribution is 5.95. The van der Waals surface area contributed by atoms with E-state index in [0.717, 1.165) is 37.4 Å². The van der Waals surface area contributed by atoms with E-state index in [2.05, 4.69) is 60.5 Å². The highest BCUT2D eigenvalue weighted by Gasteiger charge is 2.24. The zero-order chi connectivity index (χ0) is 14.2. The summed E-state index contributed by atoms with van der Waals surface area (Å²) in [7, 11) is 2.21. The molecule has 0 saturated heterocycles. The van der Waals surface area contributed by atoms with Gasteiger partial charge in [0.2, 0.25) is 0 Å². The van der Waals surface area contributed by atoms with Crippen LogP contribution in [0.2, 0.25) is 0 Å². The first-order valence-corrected chi connectivity index (χ1v) is 7.60. The summed E-state index contributed by atoms with van der Waals surface area (Å²) < 4.78 is 6.21. The van der Waals surface area contributed by atoms with Crippen molar-refractivity contribution >= 4 is 11.1 Å². The fourth-order valence-corrected chi connectivity index (χ4v) is 3.34. The summed E-state index contributed by atoms with van der Waals surface area (Å²) in [5.41, 5.74) is 5.44. The number of rotatable bonds is 0. The van der Waals surface area contributed by atoms with Crippen molar-refractivity contribution in [3.8, 4) is 11.5 Å². The summed E-state index contributed by atoms with van der Waals surface area (Å²) in [5.74, 6) is 1.97. The van der Waals surface area contributed by atoms with E-state index >= 15 is 0 Å². The molecule has 0 spiro atoms. The van der Waals surface area contributed by atoms with E-state index in [-0.39, 0.29) is 0 Å². The molecule has 0 aliphatic carbocycles. The van der Waals surface area contributed by atoms with E-state index in [1.54, 1.807) is 0 Å². The van der Waals surface area contributed by atoms with Crippen molar-refractivity contribution in [3.63, 3.8) is 0 Å². The Labute approximate surface area is 125 Å². The maximum Gasteiger partial charge on any atom is 0.134 e. The van der Waals surface area contributed by atoms with Gasteiger partial charge in [-0.25, -0.2) is 0 Å². The first-order chi connectivity index (χ1) is 10.3. The van der Waals surface area contributed by atoms with Gasteiger partial charge in [-0.3, -0.25) is 0 Å². The van der Waals surface area contributed by atoms with Crippen LogP contribution in [0.3, 0.4) is 0 Å². The van der Waals surface area contributed by atoms with Crippen molar-refractivity contribution in [2.45, 2.75) is 12.8 Å². The highest BCUT2D eigenvalue weighted by atomic mass is 16.5. The molecule has 2 aromatic carbocycles. The van der Waals surface area contributed by atoms with E-state index in [9.17, 15) is 0 Å². The Kier molecular flexibility index (Phi) is 3.04. The van der Waals surface area contributed by atoms with Crippen molar-refractivity contribution in [3.05, 3.63) is 59.7 Å². The summed E-state index contributed by atoms with van der Waals surface area (Å²) in [6, 6.07) is 16.9. The zero-order valence-corrected chi connectivity index (χ0v) is 12.3. The minimum absolute atomic E-state index is 0.986. The molecule has 0 atom stereocenters. The third-order valence-electron chi connectivity index (χ3n) is 4.50. The molecule has 2 aliphatic rings. The quantitative estimate of drug-likeness (QED) is 0.706. The lowest BCUT2D eigenvalue weighted by atomic mass is 9.91. The molecule has 21 heavy (non-hydrogen) atoms. The van der Waals surface area contributed by atoms with Crippen LogP contribution in [0, 0.1) is 0 Å². The number of ether oxygens (including phenoxy) is 1. The minimum atomic E-state index is 0.986. The average Bonchev–Trinajstić information content (AvgIpc) is 2.78. The van der Waals surface area contributed by atoms with E-state index in [1.807, 2.05) is 0 Å². The summed E-state index contributed by atoms with van der Waals surface area (Å²) in [4.78, 5) is 2.42. The topological polar surface area (TPSA) is 12.5 Å². The molecular formula is C19H19NO. The maximum absolute atomic E-state index is 6.21. The van der Waals surface area contributed by atoms with Crippen LogP contribution in [-0.2, 0) is 0 Å². The van der Waals surface area contributed by atoms with Gasteiger partial charge >= 0.3 is 0 Å². The molecule has 0 unspecified atom stereocenters. The third-order valence-corrected chi connectivity index (χ3v) is 4.50. The van der Waals surface area contributed by atoms with Crippen LogP contribution in [0.15, 0.2) is 48.5 Å². The molecule has 0 fully saturated rings. The second kappa shape index (κ2) is 5.05. The SMILES string of the molecule is CN1CCC2=C(CC1)c1ccccc1Oc1ccccc12. The summed E-state index contributed by atoms with van der Waals surface area (Å²) in [5, 5.41) is 0. The zero-order valence-electron chi connectivity index (χ0n) is 12.3. The lowest BCUT2D eigenvalue weighted by molar-refractivity contribution is 0.356. The molecule has 0 saturated carbocycles. The van der Waals surface area contributed by atoms with Crippen LogP contribution >= 0.6 is 0 Å². The predicted octanol–water partition coefficient (Wildman–Crippen LogP) is 4.43. The van der Waals surface area contributed by atoms with Gasteiger partial charge in [0.15, 0.2) is 0 Å². The Hall–Kier alpha value is -2.06. The van der Waals surface area contributed by atoms with Crippen LogP contribution in [0.5, 0.6) is 11.5 Å². The van der Waals surface area contributed by atoms with Gasteiger partial charge in [-0.2, -0.15) is 0 Å². The fourth-order valence-electron chi connectivity index (χ4n) is 3.34. The molecule has 2 aromatic rings. The smallest absolute Gasteiger partial charge is 0.134 e. The molecule has 2 heteroatoms. The van der Waals surface area contributed by atoms with Crippen LogP contribution in [0.25, 0.3) is 11.1 Å². The van der Waals surface area contributed by atoms with Gasteiger partial charge in [0.25, 0.3) is 0 Å². The lowest BCUT2D eigenvalue weighted by Crippen LogP contribution is -2.19. The number of benzene rings is 2. The van der Waals surface area contributed by atoms with Crippen molar-refractivity contribution in [2.75, 3.05) is 20.1 Å². The van der Waals surface area contributed by atoms with Gasteiger partial charge in [0.1, 0.15) is 11.5 Å². The van der Waals surface area contributed by atoms with Gasteiger partial charge < -0.3 is 9.64 Å². The molecule has 0 bridgehead atoms. The molecule has 2 aliphatic heterocycles. The third kappa shape index (κ3) is 2.16. The Morgan fingerprint density at radius 1 is 0.762 bits per heavy atom. The van der Waals surface area contributed by atoms with Crippen LogP contribution in [0.4, 0.5) is 0 Å². The monoisotopic (exact) mass is 277 g/mol. The minimum Gasteiger partial charge on any atom is -0.456 e. The lowest BCUT2D eigenvalue weighted by Gasteiger charge is -2.14. The molecule has 106 valence electrons. The molecule has 2 heterocycles. The van der Waals surface area contributed by atoms with Crippen molar-refractivity contribution in [1.29, 1.82) is 0 Å². The fraction of sp³-hybridized carbons (Fsp3) is 0.263. The predicted molar refractivity (Wildman–Crippen MR) is 86.5 cm³/mol. The van der Waals surface area contributed by atoms with E-state index < -0.39 is 0 Å². The molecule has 0 N–H and O–H groups in total. The van der Waals surface area contributed by atoms with Gasteiger partial charge in [0, 0.05) is 24.2 Å². The molecule has 4 rings (SSSR count). The first kappa shape index (κ1) is 12.7. The van der Waals surface area contributed by atoms with Crippen molar-refractivity contribution < 1.29 is 4.74 Å². The largest absolute Gasteiger partial charge is 0.456 e. The molecule has 2 nitrogen and oxygen atoms in total. The average molecular weight is 277 g/mol. The van der Waals surface area contributed by atoms with Crippen molar-refractivity contribution in [1.82, 2.24) is 4.90 Å². The standard InChI is InChI=1S/C19H19NO/c1-20-12-10-14-15(11-13-20)17-7-3-5-9-19(17)21-18-8-4-2-6-16(14)18/h2-9H,10-13H2,1H3. The second-order valence-electron chi connectivity index (χ2n) is 5.85. The molecular weight excluding hydrogens is 258 g/mol. The summed E-state index contributed by atoms with van der Waals surface area (Å²) >= 11 is 0. The van der Waals surface area contributed by atoms with E-state index in [0.29, 0.717) is 0 Å². The summed E-state index contributed by atoms with van der Waals surface area (Å²) in [6.45, 7) is 2.21.